The van der Waals surface area contributed by atoms with E-state index in [9.17, 15) is 4.39 Å². The molecule has 4 aromatic rings. The molecule has 0 atom stereocenters. The summed E-state index contributed by atoms with van der Waals surface area (Å²) in [5.74, 6) is 1.39. The van der Waals surface area contributed by atoms with Gasteiger partial charge in [-0.05, 0) is 65.4 Å². The van der Waals surface area contributed by atoms with E-state index in [4.69, 9.17) is 32.7 Å². The molecule has 0 fully saturated rings. The molecule has 3 aromatic carbocycles. The molecule has 0 bridgehead atoms. The maximum Gasteiger partial charge on any atom is 0.214 e. The third-order valence-corrected chi connectivity index (χ3v) is 6.81. The first kappa shape index (κ1) is 26.2. The highest BCUT2D eigenvalue weighted by Gasteiger charge is 2.14. The molecule has 0 aliphatic rings. The highest BCUT2D eigenvalue weighted by molar-refractivity contribution is 7.99. The van der Waals surface area contributed by atoms with Gasteiger partial charge >= 0.3 is 0 Å². The summed E-state index contributed by atoms with van der Waals surface area (Å²) < 4.78 is 26.3. The van der Waals surface area contributed by atoms with Crippen molar-refractivity contribution in [3.05, 3.63) is 87.7 Å². The largest absolute Gasteiger partial charge is 0.493 e. The van der Waals surface area contributed by atoms with Gasteiger partial charge in [-0.2, -0.15) is 4.68 Å². The molecule has 4 rings (SSSR count). The Hall–Kier alpha value is -2.85. The number of methoxy groups -OCH3 is 1. The summed E-state index contributed by atoms with van der Waals surface area (Å²) >= 11 is 14.2. The number of aromatic nitrogens is 4. The summed E-state index contributed by atoms with van der Waals surface area (Å²) in [4.78, 5) is 0. The van der Waals surface area contributed by atoms with Gasteiger partial charge < -0.3 is 14.8 Å². The minimum atomic E-state index is -0.401. The molecule has 0 radical (unpaired) electrons. The predicted octanol–water partition coefficient (Wildman–Crippen LogP) is 5.97. The van der Waals surface area contributed by atoms with Crippen molar-refractivity contribution in [3.8, 4) is 17.2 Å². The van der Waals surface area contributed by atoms with Crippen LogP contribution in [0.15, 0.2) is 65.8 Å². The third-order valence-electron chi connectivity index (χ3n) is 5.18. The van der Waals surface area contributed by atoms with Crippen LogP contribution in [0.2, 0.25) is 10.0 Å². The highest BCUT2D eigenvalue weighted by atomic mass is 35.5. The Morgan fingerprint density at radius 3 is 2.67 bits per heavy atom. The molecule has 7 nitrogen and oxygen atoms in total. The lowest BCUT2D eigenvalue weighted by Crippen LogP contribution is -2.15. The zero-order valence-electron chi connectivity index (χ0n) is 19.5. The number of rotatable bonds is 12. The van der Waals surface area contributed by atoms with Gasteiger partial charge in [0.15, 0.2) is 11.5 Å². The minimum Gasteiger partial charge on any atom is -0.493 e. The Balaban J connectivity index is 1.25. The lowest BCUT2D eigenvalue weighted by atomic mass is 10.2. The van der Waals surface area contributed by atoms with E-state index in [0.29, 0.717) is 33.7 Å². The normalized spacial score (nSPS) is 11.0. The summed E-state index contributed by atoms with van der Waals surface area (Å²) in [6.07, 6.45) is 0.927. The van der Waals surface area contributed by atoms with Crippen LogP contribution in [0.1, 0.15) is 17.5 Å². The van der Waals surface area contributed by atoms with E-state index >= 15 is 0 Å². The van der Waals surface area contributed by atoms with Crippen LogP contribution in [-0.4, -0.2) is 39.6 Å². The van der Waals surface area contributed by atoms with E-state index < -0.39 is 5.82 Å². The third kappa shape index (κ3) is 6.88. The van der Waals surface area contributed by atoms with E-state index in [-0.39, 0.29) is 6.61 Å². The fraction of sp³-hybridized carbons (Fsp3) is 0.240. The molecule has 0 amide bonds. The van der Waals surface area contributed by atoms with Crippen molar-refractivity contribution in [2.75, 3.05) is 19.4 Å². The molecule has 1 heterocycles. The second-order valence-corrected chi connectivity index (χ2v) is 9.60. The van der Waals surface area contributed by atoms with Crippen LogP contribution in [0, 0.1) is 5.82 Å². The Bertz CT molecular complexity index is 1290. The topological polar surface area (TPSA) is 74.1 Å². The van der Waals surface area contributed by atoms with Crippen molar-refractivity contribution in [3.63, 3.8) is 0 Å². The van der Waals surface area contributed by atoms with Crippen molar-refractivity contribution >= 4 is 35.0 Å². The number of tetrazole rings is 1. The van der Waals surface area contributed by atoms with Crippen LogP contribution in [0.3, 0.4) is 0 Å². The Morgan fingerprint density at radius 1 is 1.06 bits per heavy atom. The number of hydrogen-bond acceptors (Lipinski definition) is 7. The van der Waals surface area contributed by atoms with Crippen molar-refractivity contribution in [2.45, 2.75) is 24.7 Å². The molecule has 0 saturated heterocycles. The number of nitrogens with zero attached hydrogens (tertiary/aromatic N) is 4. The molecule has 188 valence electrons. The molecule has 11 heteroatoms. The number of benzene rings is 3. The molecule has 1 N–H and O–H groups in total. The maximum atomic E-state index is 13.3. The van der Waals surface area contributed by atoms with Gasteiger partial charge in [-0.15, -0.1) is 5.10 Å². The maximum absolute atomic E-state index is 13.3. The zero-order valence-corrected chi connectivity index (χ0v) is 21.8. The smallest absolute Gasteiger partial charge is 0.214 e. The second kappa shape index (κ2) is 12.9. The number of ether oxygens (including phenoxy) is 2. The molecule has 1 aromatic heterocycles. The van der Waals surface area contributed by atoms with Gasteiger partial charge in [-0.1, -0.05) is 59.2 Å². The van der Waals surface area contributed by atoms with E-state index in [2.05, 4.69) is 20.8 Å². The van der Waals surface area contributed by atoms with Crippen LogP contribution in [-0.2, 0) is 13.2 Å². The number of nitrogens with one attached hydrogen (secondary N) is 1. The molecule has 0 aliphatic carbocycles. The fourth-order valence-corrected chi connectivity index (χ4v) is 4.74. The molecular weight excluding hydrogens is 524 g/mol. The molecule has 0 aliphatic heterocycles. The van der Waals surface area contributed by atoms with E-state index in [0.717, 1.165) is 35.1 Å². The Kier molecular flexibility index (Phi) is 9.41. The summed E-state index contributed by atoms with van der Waals surface area (Å²) in [5.41, 5.74) is 2.55. The highest BCUT2D eigenvalue weighted by Crippen LogP contribution is 2.37. The van der Waals surface area contributed by atoms with Gasteiger partial charge in [-0.25, -0.2) is 4.39 Å². The molecular formula is C25H24Cl2FN5O2S. The fourth-order valence-electron chi connectivity index (χ4n) is 3.40. The van der Waals surface area contributed by atoms with E-state index in [1.807, 2.05) is 42.5 Å². The molecule has 36 heavy (non-hydrogen) atoms. The van der Waals surface area contributed by atoms with Gasteiger partial charge in [0, 0.05) is 17.9 Å². The van der Waals surface area contributed by atoms with Gasteiger partial charge in [-0.3, -0.25) is 0 Å². The van der Waals surface area contributed by atoms with Gasteiger partial charge in [0.2, 0.25) is 5.16 Å². The minimum absolute atomic E-state index is 0.137. The first-order valence-corrected chi connectivity index (χ1v) is 12.9. The van der Waals surface area contributed by atoms with E-state index in [1.165, 1.54) is 12.1 Å². The summed E-state index contributed by atoms with van der Waals surface area (Å²) in [6, 6.07) is 17.7. The summed E-state index contributed by atoms with van der Waals surface area (Å²) in [6.45, 7) is 1.56. The second-order valence-electron chi connectivity index (χ2n) is 7.72. The molecule has 0 unspecified atom stereocenters. The number of thioether (sulfide) groups is 1. The molecule has 0 saturated carbocycles. The first-order valence-electron chi connectivity index (χ1n) is 11.2. The van der Waals surface area contributed by atoms with Crippen LogP contribution in [0.5, 0.6) is 11.5 Å². The molecule has 0 spiro atoms. The van der Waals surface area contributed by atoms with Crippen molar-refractivity contribution in [1.29, 1.82) is 0 Å². The predicted molar refractivity (Wildman–Crippen MR) is 140 cm³/mol. The van der Waals surface area contributed by atoms with Crippen molar-refractivity contribution in [1.82, 2.24) is 25.5 Å². The Labute approximate surface area is 222 Å². The standard InChI is InChI=1S/C25H24Cl2FN5O2S/c1-34-23-13-17(12-22(27)24(23)35-16-18-8-9-19(28)14-21(18)26)15-29-10-5-11-36-25-30-31-32-33(25)20-6-3-2-4-7-20/h2-4,6-9,12-14,29H,5,10-11,15-16H2,1H3. The SMILES string of the molecule is COc1cc(CNCCCSc2nnnn2-c2ccccc2)cc(Cl)c1OCc1ccc(F)cc1Cl. The van der Waals surface area contributed by atoms with E-state index in [1.54, 1.807) is 29.6 Å². The van der Waals surface area contributed by atoms with Crippen LogP contribution in [0.4, 0.5) is 4.39 Å². The lowest BCUT2D eigenvalue weighted by molar-refractivity contribution is 0.284. The van der Waals surface area contributed by atoms with Gasteiger partial charge in [0.1, 0.15) is 12.4 Å². The van der Waals surface area contributed by atoms with Crippen LogP contribution < -0.4 is 14.8 Å². The van der Waals surface area contributed by atoms with Crippen LogP contribution in [0.25, 0.3) is 5.69 Å². The summed E-state index contributed by atoms with van der Waals surface area (Å²) in [5, 5.41) is 16.9. The average molecular weight is 548 g/mol. The number of para-hydroxylation sites is 1. The zero-order chi connectivity index (χ0) is 25.3. The monoisotopic (exact) mass is 547 g/mol. The number of halogens is 3. The van der Waals surface area contributed by atoms with Crippen molar-refractivity contribution < 1.29 is 13.9 Å². The first-order chi connectivity index (χ1) is 17.5. The quantitative estimate of drug-likeness (QED) is 0.173. The van der Waals surface area contributed by atoms with Crippen LogP contribution >= 0.6 is 35.0 Å². The average Bonchev–Trinajstić information content (AvgIpc) is 3.35. The van der Waals surface area contributed by atoms with Gasteiger partial charge in [0.25, 0.3) is 0 Å². The lowest BCUT2D eigenvalue weighted by Gasteiger charge is -2.15. The summed E-state index contributed by atoms with van der Waals surface area (Å²) in [7, 11) is 1.56. The number of hydrogen-bond donors (Lipinski definition) is 1. The Morgan fingerprint density at radius 2 is 1.89 bits per heavy atom. The van der Waals surface area contributed by atoms with Gasteiger partial charge in [0.05, 0.1) is 22.8 Å². The van der Waals surface area contributed by atoms with Crippen molar-refractivity contribution in [2.24, 2.45) is 0 Å².